The van der Waals surface area contributed by atoms with Crippen LogP contribution in [-0.2, 0) is 20.2 Å². The Morgan fingerprint density at radius 3 is 1.74 bits per heavy atom. The molecule has 0 bridgehead atoms. The van der Waals surface area contributed by atoms with Gasteiger partial charge in [0.1, 0.15) is 10.6 Å². The number of phenols is 1. The summed E-state index contributed by atoms with van der Waals surface area (Å²) in [5.74, 6) is -0.364. The number of fused-ring (bicyclic) bond motifs is 1. The first-order valence-electron chi connectivity index (χ1n) is 8.12. The van der Waals surface area contributed by atoms with Gasteiger partial charge in [0.2, 0.25) is 0 Å². The summed E-state index contributed by atoms with van der Waals surface area (Å²) in [5, 5.41) is 18.4. The first-order chi connectivity index (χ1) is 13.4. The molecule has 0 aliphatic heterocycles. The number of benzene rings is 3. The molecule has 31 heavy (non-hydrogen) atoms. The van der Waals surface area contributed by atoms with Gasteiger partial charge >= 0.3 is 0 Å². The molecular weight excluding hydrogens is 466 g/mol. The Balaban J connectivity index is 0.00000240. The van der Waals surface area contributed by atoms with Crippen molar-refractivity contribution in [1.29, 1.82) is 0 Å². The third-order valence-electron chi connectivity index (χ3n) is 4.27. The average Bonchev–Trinajstić information content (AvgIpc) is 2.60. The maximum absolute atomic E-state index is 11.7. The molecule has 0 spiro atoms. The van der Waals surface area contributed by atoms with Crippen LogP contribution in [0.1, 0.15) is 11.1 Å². The van der Waals surface area contributed by atoms with E-state index in [0.717, 1.165) is 12.1 Å². The van der Waals surface area contributed by atoms with Crippen LogP contribution in [0.4, 0.5) is 11.4 Å². The molecule has 0 aliphatic carbocycles. The number of hydrogen-bond donors (Lipinski definition) is 3. The number of aryl methyl sites for hydroxylation is 2. The van der Waals surface area contributed by atoms with Crippen molar-refractivity contribution >= 4 is 101 Å². The number of aromatic hydroxyl groups is 1. The molecule has 0 fully saturated rings. The van der Waals surface area contributed by atoms with E-state index < -0.39 is 25.1 Å². The monoisotopic (exact) mass is 482 g/mol. The molecule has 0 aliphatic rings. The van der Waals surface area contributed by atoms with E-state index in [4.69, 9.17) is 0 Å². The second-order valence-electron chi connectivity index (χ2n) is 6.34. The summed E-state index contributed by atoms with van der Waals surface area (Å²) in [4.78, 5) is -0.808. The smallest absolute Gasteiger partial charge is 0.295 e. The fraction of sp³-hybridized carbons (Fsp3) is 0.111. The van der Waals surface area contributed by atoms with Crippen LogP contribution in [0.5, 0.6) is 5.75 Å². The van der Waals surface area contributed by atoms with Crippen LogP contribution in [0.2, 0.25) is 0 Å². The van der Waals surface area contributed by atoms with Gasteiger partial charge in [0.05, 0.1) is 10.6 Å². The average molecular weight is 482 g/mol. The van der Waals surface area contributed by atoms with Crippen LogP contribution >= 0.6 is 0 Å². The van der Waals surface area contributed by atoms with Gasteiger partial charge in [-0.25, -0.2) is 0 Å². The summed E-state index contributed by atoms with van der Waals surface area (Å²) in [6.07, 6.45) is 0. The van der Waals surface area contributed by atoms with Crippen LogP contribution in [-0.4, -0.2) is 90.2 Å². The Labute approximate surface area is 223 Å². The molecule has 0 saturated heterocycles. The molecule has 13 heteroatoms. The van der Waals surface area contributed by atoms with E-state index in [9.17, 15) is 31.0 Å². The molecule has 9 nitrogen and oxygen atoms in total. The van der Waals surface area contributed by atoms with Gasteiger partial charge in [-0.05, 0) is 37.1 Å². The van der Waals surface area contributed by atoms with Gasteiger partial charge in [-0.3, -0.25) is 9.11 Å². The Morgan fingerprint density at radius 1 is 0.710 bits per heavy atom. The summed E-state index contributed by atoms with van der Waals surface area (Å²) in [6, 6.07) is 9.55. The van der Waals surface area contributed by atoms with Crippen molar-refractivity contribution in [2.45, 2.75) is 23.6 Å². The van der Waals surface area contributed by atoms with E-state index in [0.29, 0.717) is 11.1 Å². The van der Waals surface area contributed by atoms with Gasteiger partial charge in [0.15, 0.2) is 5.75 Å². The summed E-state index contributed by atoms with van der Waals surface area (Å²) >= 11 is 0. The van der Waals surface area contributed by atoms with Gasteiger partial charge in [0, 0.05) is 69.9 Å². The second kappa shape index (κ2) is 10.4. The van der Waals surface area contributed by atoms with Crippen LogP contribution in [0.15, 0.2) is 62.5 Å². The molecule has 0 aromatic heterocycles. The minimum absolute atomic E-state index is 0. The van der Waals surface area contributed by atoms with Crippen LogP contribution < -0.4 is 0 Å². The Morgan fingerprint density at radius 2 is 1.19 bits per heavy atom. The molecule has 0 atom stereocenters. The number of rotatable bonds is 4. The molecule has 0 unspecified atom stereocenters. The van der Waals surface area contributed by atoms with Crippen molar-refractivity contribution in [2.24, 2.45) is 10.2 Å². The Hall–Kier alpha value is -0.860. The van der Waals surface area contributed by atoms with Crippen molar-refractivity contribution in [3.63, 3.8) is 0 Å². The van der Waals surface area contributed by atoms with E-state index in [1.165, 1.54) is 25.1 Å². The minimum Gasteiger partial charge on any atom is -0.505 e. The zero-order chi connectivity index (χ0) is 21.6. The minimum atomic E-state index is -4.62. The maximum atomic E-state index is 11.7. The van der Waals surface area contributed by atoms with Crippen molar-refractivity contribution in [2.75, 3.05) is 0 Å². The molecule has 3 aromatic rings. The Bertz CT molecular complexity index is 1390. The largest absolute Gasteiger partial charge is 0.505 e. The maximum Gasteiger partial charge on any atom is 0.295 e. The molecule has 0 saturated carbocycles. The van der Waals surface area contributed by atoms with E-state index in [1.54, 1.807) is 19.1 Å². The van der Waals surface area contributed by atoms with Gasteiger partial charge in [-0.1, -0.05) is 30.3 Å². The first-order valence-corrected chi connectivity index (χ1v) is 11.0. The number of nitrogens with zero attached hydrogens (tertiary/aromatic N) is 2. The molecular formula is C18H16N2Na2O7S2. The van der Waals surface area contributed by atoms with Gasteiger partial charge in [-0.2, -0.15) is 21.9 Å². The predicted octanol–water partition coefficient (Wildman–Crippen LogP) is 3.31. The van der Waals surface area contributed by atoms with E-state index in [2.05, 4.69) is 10.2 Å². The molecule has 3 aromatic carbocycles. The number of azo groups is 1. The van der Waals surface area contributed by atoms with E-state index >= 15 is 0 Å². The quantitative estimate of drug-likeness (QED) is 0.293. The van der Waals surface area contributed by atoms with Crippen molar-refractivity contribution in [3.8, 4) is 5.75 Å². The summed E-state index contributed by atoms with van der Waals surface area (Å²) < 4.78 is 65.3. The van der Waals surface area contributed by atoms with Crippen molar-refractivity contribution < 1.29 is 31.0 Å². The van der Waals surface area contributed by atoms with Gasteiger partial charge in [-0.15, -0.1) is 5.11 Å². The van der Waals surface area contributed by atoms with Crippen LogP contribution in [0, 0.1) is 13.8 Å². The third-order valence-corrected chi connectivity index (χ3v) is 6.16. The summed E-state index contributed by atoms with van der Waals surface area (Å²) in [7, 11) is -9.10. The van der Waals surface area contributed by atoms with Crippen LogP contribution in [0.25, 0.3) is 10.8 Å². The molecule has 3 rings (SSSR count). The van der Waals surface area contributed by atoms with Gasteiger partial charge < -0.3 is 5.11 Å². The standard InChI is InChI=1S/C18H16N2O7S2.2Na/c1-10-7-11(2)16(28(22,23)24)8-14(10)19-20-15-9-17(29(25,26)27)12-5-3-4-6-13(12)18(15)21;;/h3-9,21H,1-2H3,(H,22,23,24)(H,25,26,27);;. The fourth-order valence-corrected chi connectivity index (χ4v) is 4.36. The molecule has 2 radical (unpaired) electrons. The fourth-order valence-electron chi connectivity index (χ4n) is 2.92. The molecule has 0 amide bonds. The third kappa shape index (κ3) is 6.14. The summed E-state index contributed by atoms with van der Waals surface area (Å²) in [5.41, 5.74) is 0.689. The molecule has 154 valence electrons. The number of hydrogen-bond acceptors (Lipinski definition) is 7. The zero-order valence-electron chi connectivity index (χ0n) is 17.2. The van der Waals surface area contributed by atoms with Crippen molar-refractivity contribution in [3.05, 3.63) is 53.6 Å². The first kappa shape index (κ1) is 28.2. The summed E-state index contributed by atoms with van der Waals surface area (Å²) in [6.45, 7) is 3.14. The van der Waals surface area contributed by atoms with Crippen LogP contribution in [0.3, 0.4) is 0 Å². The SMILES string of the molecule is Cc1cc(C)c(S(=O)(=O)O)cc1N=Nc1cc(S(=O)(=O)O)c2ccccc2c1O.[Na].[Na]. The number of phenolic OH excluding ortho intramolecular Hbond substituents is 1. The molecule has 3 N–H and O–H groups in total. The zero-order valence-corrected chi connectivity index (χ0v) is 22.9. The van der Waals surface area contributed by atoms with E-state index in [1.807, 2.05) is 0 Å². The normalized spacial score (nSPS) is 11.9. The van der Waals surface area contributed by atoms with Crippen molar-refractivity contribution in [1.82, 2.24) is 0 Å². The van der Waals surface area contributed by atoms with Gasteiger partial charge in [0.25, 0.3) is 20.2 Å². The van der Waals surface area contributed by atoms with E-state index in [-0.39, 0.29) is 91.9 Å². The topological polar surface area (TPSA) is 154 Å². The molecule has 0 heterocycles. The Kier molecular flexibility index (Phi) is 9.44. The second-order valence-corrected chi connectivity index (χ2v) is 9.12. The predicted molar refractivity (Wildman–Crippen MR) is 117 cm³/mol.